The lowest BCUT2D eigenvalue weighted by Crippen LogP contribution is -2.48. The SMILES string of the molecule is COCC(C)N=C(NN)N1CCn2ccnc2C1. The van der Waals surface area contributed by atoms with Crippen LogP contribution in [0.25, 0.3) is 0 Å². The van der Waals surface area contributed by atoms with E-state index in [-0.39, 0.29) is 6.04 Å². The van der Waals surface area contributed by atoms with Crippen molar-refractivity contribution in [1.29, 1.82) is 0 Å². The highest BCUT2D eigenvalue weighted by Gasteiger charge is 2.19. The minimum atomic E-state index is 0.0720. The smallest absolute Gasteiger partial charge is 0.209 e. The second-order valence-corrected chi connectivity index (χ2v) is 4.36. The molecule has 1 aromatic heterocycles. The first-order valence-corrected chi connectivity index (χ1v) is 6.03. The molecule has 0 saturated carbocycles. The van der Waals surface area contributed by atoms with Crippen molar-refractivity contribution in [1.82, 2.24) is 19.9 Å². The molecule has 1 unspecified atom stereocenters. The number of nitrogens with one attached hydrogen (secondary N) is 1. The third-order valence-electron chi connectivity index (χ3n) is 2.92. The van der Waals surface area contributed by atoms with Crippen molar-refractivity contribution in [3.63, 3.8) is 0 Å². The Balaban J connectivity index is 2.06. The lowest BCUT2D eigenvalue weighted by molar-refractivity contribution is 0.184. The van der Waals surface area contributed by atoms with Crippen molar-refractivity contribution in [2.45, 2.75) is 26.1 Å². The van der Waals surface area contributed by atoms with E-state index >= 15 is 0 Å². The monoisotopic (exact) mass is 252 g/mol. The van der Waals surface area contributed by atoms with Gasteiger partial charge in [0.1, 0.15) is 5.82 Å². The topological polar surface area (TPSA) is 80.7 Å². The van der Waals surface area contributed by atoms with Crippen LogP contribution in [0.15, 0.2) is 17.4 Å². The number of guanidine groups is 1. The Morgan fingerprint density at radius 3 is 3.22 bits per heavy atom. The first-order chi connectivity index (χ1) is 8.74. The number of rotatable bonds is 3. The van der Waals surface area contributed by atoms with Gasteiger partial charge in [0.05, 0.1) is 19.2 Å². The first kappa shape index (κ1) is 12.8. The van der Waals surface area contributed by atoms with E-state index in [1.807, 2.05) is 19.3 Å². The summed E-state index contributed by atoms with van der Waals surface area (Å²) in [5.74, 6) is 7.27. The number of hydrogen-bond acceptors (Lipinski definition) is 4. The van der Waals surface area contributed by atoms with Crippen LogP contribution in [-0.4, -0.2) is 46.7 Å². The van der Waals surface area contributed by atoms with Crippen molar-refractivity contribution in [3.8, 4) is 0 Å². The third kappa shape index (κ3) is 2.80. The average Bonchev–Trinajstić information content (AvgIpc) is 2.83. The normalized spacial score (nSPS) is 17.5. The van der Waals surface area contributed by atoms with Crippen molar-refractivity contribution in [2.75, 3.05) is 20.3 Å². The van der Waals surface area contributed by atoms with Crippen molar-refractivity contribution < 1.29 is 4.74 Å². The molecule has 0 radical (unpaired) electrons. The minimum Gasteiger partial charge on any atom is -0.382 e. The van der Waals surface area contributed by atoms with E-state index in [0.717, 1.165) is 25.5 Å². The number of fused-ring (bicyclic) bond motifs is 1. The van der Waals surface area contributed by atoms with Gasteiger partial charge in [-0.15, -0.1) is 0 Å². The molecule has 18 heavy (non-hydrogen) atoms. The van der Waals surface area contributed by atoms with E-state index in [2.05, 4.69) is 24.9 Å². The Morgan fingerprint density at radius 2 is 2.50 bits per heavy atom. The molecule has 0 saturated heterocycles. The van der Waals surface area contributed by atoms with Gasteiger partial charge in [0.15, 0.2) is 0 Å². The number of imidazole rings is 1. The van der Waals surface area contributed by atoms with Crippen LogP contribution in [0.4, 0.5) is 0 Å². The molecular formula is C11H20N6O. The van der Waals surface area contributed by atoms with Gasteiger partial charge in [0.2, 0.25) is 5.96 Å². The standard InChI is InChI=1S/C11H20N6O/c1-9(8-18-2)14-11(15-12)17-6-5-16-4-3-13-10(16)7-17/h3-4,9H,5-8,12H2,1-2H3,(H,14,15). The molecular weight excluding hydrogens is 232 g/mol. The largest absolute Gasteiger partial charge is 0.382 e. The number of aromatic nitrogens is 2. The molecule has 1 atom stereocenters. The molecule has 1 aromatic rings. The fourth-order valence-electron chi connectivity index (χ4n) is 2.05. The Bertz CT molecular complexity index is 415. The maximum absolute atomic E-state index is 5.55. The number of methoxy groups -OCH3 is 1. The second-order valence-electron chi connectivity index (χ2n) is 4.36. The Labute approximate surface area is 107 Å². The molecule has 2 heterocycles. The Hall–Kier alpha value is -1.60. The number of aliphatic imine (C=N–C) groups is 1. The van der Waals surface area contributed by atoms with Gasteiger partial charge in [-0.1, -0.05) is 0 Å². The molecule has 3 N–H and O–H groups in total. The van der Waals surface area contributed by atoms with Crippen LogP contribution in [0, 0.1) is 0 Å². The van der Waals surface area contributed by atoms with Crippen LogP contribution in [0.3, 0.4) is 0 Å². The van der Waals surface area contributed by atoms with Gasteiger partial charge in [-0.25, -0.2) is 15.8 Å². The molecule has 0 aliphatic carbocycles. The molecule has 0 aromatic carbocycles. The maximum atomic E-state index is 5.55. The van der Waals surface area contributed by atoms with E-state index in [9.17, 15) is 0 Å². The van der Waals surface area contributed by atoms with Gasteiger partial charge in [-0.2, -0.15) is 0 Å². The molecule has 7 nitrogen and oxygen atoms in total. The van der Waals surface area contributed by atoms with Crippen molar-refractivity contribution in [3.05, 3.63) is 18.2 Å². The molecule has 0 bridgehead atoms. The average molecular weight is 252 g/mol. The highest BCUT2D eigenvalue weighted by Crippen LogP contribution is 2.10. The fourth-order valence-corrected chi connectivity index (χ4v) is 2.05. The maximum Gasteiger partial charge on any atom is 0.209 e. The first-order valence-electron chi connectivity index (χ1n) is 6.03. The zero-order valence-corrected chi connectivity index (χ0v) is 10.8. The van der Waals surface area contributed by atoms with Crippen LogP contribution in [0.1, 0.15) is 12.7 Å². The van der Waals surface area contributed by atoms with E-state index in [1.54, 1.807) is 7.11 Å². The van der Waals surface area contributed by atoms with Crippen LogP contribution in [0.5, 0.6) is 0 Å². The van der Waals surface area contributed by atoms with E-state index in [0.29, 0.717) is 12.6 Å². The summed E-state index contributed by atoms with van der Waals surface area (Å²) in [5.41, 5.74) is 2.67. The zero-order valence-electron chi connectivity index (χ0n) is 10.8. The zero-order chi connectivity index (χ0) is 13.0. The summed E-state index contributed by atoms with van der Waals surface area (Å²) < 4.78 is 7.21. The van der Waals surface area contributed by atoms with E-state index < -0.39 is 0 Å². The fraction of sp³-hybridized carbons (Fsp3) is 0.636. The quantitative estimate of drug-likeness (QED) is 0.330. The molecule has 0 amide bonds. The Kier molecular flexibility index (Phi) is 4.16. The summed E-state index contributed by atoms with van der Waals surface area (Å²) in [6.07, 6.45) is 3.81. The summed E-state index contributed by atoms with van der Waals surface area (Å²) >= 11 is 0. The summed E-state index contributed by atoms with van der Waals surface area (Å²) in [6, 6.07) is 0.0720. The predicted molar refractivity (Wildman–Crippen MR) is 68.7 cm³/mol. The molecule has 7 heteroatoms. The van der Waals surface area contributed by atoms with E-state index in [4.69, 9.17) is 10.6 Å². The molecule has 100 valence electrons. The van der Waals surface area contributed by atoms with Gasteiger partial charge in [-0.05, 0) is 6.92 Å². The number of hydrogen-bond donors (Lipinski definition) is 2. The minimum absolute atomic E-state index is 0.0720. The van der Waals surface area contributed by atoms with Gasteiger partial charge in [0.25, 0.3) is 0 Å². The van der Waals surface area contributed by atoms with Crippen molar-refractivity contribution >= 4 is 5.96 Å². The molecule has 1 aliphatic rings. The van der Waals surface area contributed by atoms with Crippen LogP contribution in [0.2, 0.25) is 0 Å². The van der Waals surface area contributed by atoms with Gasteiger partial charge in [-0.3, -0.25) is 5.43 Å². The Morgan fingerprint density at radius 1 is 1.67 bits per heavy atom. The highest BCUT2D eigenvalue weighted by atomic mass is 16.5. The predicted octanol–water partition coefficient (Wildman–Crippen LogP) is -0.447. The summed E-state index contributed by atoms with van der Waals surface area (Å²) in [5, 5.41) is 0. The highest BCUT2D eigenvalue weighted by molar-refractivity contribution is 5.79. The molecule has 2 rings (SSSR count). The van der Waals surface area contributed by atoms with Gasteiger partial charge < -0.3 is 14.2 Å². The van der Waals surface area contributed by atoms with Gasteiger partial charge in [0, 0.05) is 32.6 Å². The third-order valence-corrected chi connectivity index (χ3v) is 2.92. The van der Waals surface area contributed by atoms with Crippen LogP contribution in [-0.2, 0) is 17.8 Å². The number of ether oxygens (including phenoxy) is 1. The summed E-state index contributed by atoms with van der Waals surface area (Å²) in [7, 11) is 1.67. The van der Waals surface area contributed by atoms with E-state index in [1.165, 1.54) is 0 Å². The second kappa shape index (κ2) is 5.83. The summed E-state index contributed by atoms with van der Waals surface area (Å²) in [4.78, 5) is 10.9. The van der Waals surface area contributed by atoms with Crippen LogP contribution >= 0.6 is 0 Å². The summed E-state index contributed by atoms with van der Waals surface area (Å²) in [6.45, 7) is 5.05. The van der Waals surface area contributed by atoms with Crippen LogP contribution < -0.4 is 11.3 Å². The number of hydrazine groups is 1. The molecule has 0 spiro atoms. The van der Waals surface area contributed by atoms with Crippen molar-refractivity contribution in [2.24, 2.45) is 10.8 Å². The lowest BCUT2D eigenvalue weighted by atomic mass is 10.3. The molecule has 1 aliphatic heterocycles. The lowest BCUT2D eigenvalue weighted by Gasteiger charge is -2.30. The number of nitrogens with two attached hydrogens (primary N) is 1. The number of nitrogens with zero attached hydrogens (tertiary/aromatic N) is 4. The molecule has 0 fully saturated rings. The van der Waals surface area contributed by atoms with Gasteiger partial charge >= 0.3 is 0 Å².